The van der Waals surface area contributed by atoms with E-state index < -0.39 is 0 Å². The second-order valence-electron chi connectivity index (χ2n) is 5.97. The largest absolute Gasteiger partial charge is 0.326 e. The van der Waals surface area contributed by atoms with Gasteiger partial charge in [-0.15, -0.1) is 11.3 Å². The van der Waals surface area contributed by atoms with Gasteiger partial charge in [-0.25, -0.2) is 0 Å². The van der Waals surface area contributed by atoms with Crippen LogP contribution >= 0.6 is 35.3 Å². The van der Waals surface area contributed by atoms with Gasteiger partial charge in [0.1, 0.15) is 4.32 Å². The fraction of sp³-hybridized carbons (Fsp3) is 0.211. The lowest BCUT2D eigenvalue weighted by atomic mass is 10.1. The van der Waals surface area contributed by atoms with Crippen molar-refractivity contribution in [2.24, 2.45) is 0 Å². The van der Waals surface area contributed by atoms with Crippen molar-refractivity contribution in [3.8, 4) is 0 Å². The Hall–Kier alpha value is -1.96. The third-order valence-corrected chi connectivity index (χ3v) is 6.11. The molecule has 0 atom stereocenters. The molecule has 2 aromatic rings. The van der Waals surface area contributed by atoms with E-state index in [1.54, 1.807) is 11.3 Å². The number of benzene rings is 1. The maximum Gasteiger partial charge on any atom is 0.266 e. The van der Waals surface area contributed by atoms with Crippen LogP contribution in [0.4, 0.5) is 5.69 Å². The maximum atomic E-state index is 12.5. The fourth-order valence-corrected chi connectivity index (χ4v) is 4.61. The van der Waals surface area contributed by atoms with Crippen molar-refractivity contribution < 1.29 is 9.59 Å². The Morgan fingerprint density at radius 1 is 1.31 bits per heavy atom. The summed E-state index contributed by atoms with van der Waals surface area (Å²) < 4.78 is 0.497. The molecule has 1 aromatic heterocycles. The zero-order chi connectivity index (χ0) is 18.7. The SMILES string of the molecule is Cc1ccc(NC(=O)CCN2C(=O)/C(=C/c3cccs3)SC2=S)c(C)c1. The van der Waals surface area contributed by atoms with Crippen LogP contribution in [0, 0.1) is 13.8 Å². The Balaban J connectivity index is 1.59. The molecule has 1 saturated heterocycles. The molecule has 0 unspecified atom stereocenters. The summed E-state index contributed by atoms with van der Waals surface area (Å²) in [6.45, 7) is 4.25. The highest BCUT2D eigenvalue weighted by Gasteiger charge is 2.32. The van der Waals surface area contributed by atoms with Gasteiger partial charge in [-0.05, 0) is 43.0 Å². The van der Waals surface area contributed by atoms with Crippen molar-refractivity contribution in [2.45, 2.75) is 20.3 Å². The zero-order valence-corrected chi connectivity index (χ0v) is 16.9. The molecule has 26 heavy (non-hydrogen) atoms. The molecular formula is C19H18N2O2S3. The summed E-state index contributed by atoms with van der Waals surface area (Å²) in [5.41, 5.74) is 2.96. The lowest BCUT2D eigenvalue weighted by molar-refractivity contribution is -0.122. The zero-order valence-electron chi connectivity index (χ0n) is 14.4. The number of carbonyl (C=O) groups excluding carboxylic acids is 2. The van der Waals surface area contributed by atoms with E-state index in [-0.39, 0.29) is 24.8 Å². The number of hydrogen-bond donors (Lipinski definition) is 1. The first-order valence-electron chi connectivity index (χ1n) is 8.10. The number of hydrogen-bond acceptors (Lipinski definition) is 5. The van der Waals surface area contributed by atoms with Crippen molar-refractivity contribution in [3.63, 3.8) is 0 Å². The van der Waals surface area contributed by atoms with E-state index >= 15 is 0 Å². The summed E-state index contributed by atoms with van der Waals surface area (Å²) in [6.07, 6.45) is 2.05. The third-order valence-electron chi connectivity index (χ3n) is 3.91. The average Bonchev–Trinajstić information content (AvgIpc) is 3.18. The molecule has 2 heterocycles. The minimum atomic E-state index is -0.132. The summed E-state index contributed by atoms with van der Waals surface area (Å²) in [5, 5.41) is 4.86. The lowest BCUT2D eigenvalue weighted by Crippen LogP contribution is -2.31. The van der Waals surface area contributed by atoms with Crippen LogP contribution in [0.15, 0.2) is 40.6 Å². The molecule has 134 valence electrons. The van der Waals surface area contributed by atoms with Gasteiger partial charge in [-0.3, -0.25) is 14.5 Å². The molecule has 1 fully saturated rings. The van der Waals surface area contributed by atoms with E-state index in [2.05, 4.69) is 5.32 Å². The molecular weight excluding hydrogens is 384 g/mol. The Kier molecular flexibility index (Phi) is 5.90. The van der Waals surface area contributed by atoms with Crippen molar-refractivity contribution >= 4 is 63.2 Å². The van der Waals surface area contributed by atoms with Crippen LogP contribution in [0.2, 0.25) is 0 Å². The van der Waals surface area contributed by atoms with E-state index in [9.17, 15) is 9.59 Å². The summed E-state index contributed by atoms with van der Waals surface area (Å²) in [6, 6.07) is 9.77. The highest BCUT2D eigenvalue weighted by Crippen LogP contribution is 2.33. The Bertz CT molecular complexity index is 888. The van der Waals surface area contributed by atoms with E-state index in [1.165, 1.54) is 16.7 Å². The van der Waals surface area contributed by atoms with Crippen LogP contribution in [-0.2, 0) is 9.59 Å². The van der Waals surface area contributed by atoms with Gasteiger partial charge in [0.05, 0.1) is 4.91 Å². The molecule has 3 rings (SSSR count). The Morgan fingerprint density at radius 2 is 2.12 bits per heavy atom. The molecule has 0 spiro atoms. The van der Waals surface area contributed by atoms with Crippen LogP contribution in [0.25, 0.3) is 6.08 Å². The highest BCUT2D eigenvalue weighted by molar-refractivity contribution is 8.26. The van der Waals surface area contributed by atoms with Crippen LogP contribution in [-0.4, -0.2) is 27.6 Å². The summed E-state index contributed by atoms with van der Waals surface area (Å²) in [4.78, 5) is 27.9. The number of thioether (sulfide) groups is 1. The monoisotopic (exact) mass is 402 g/mol. The number of aryl methyl sites for hydroxylation is 2. The minimum absolute atomic E-state index is 0.131. The van der Waals surface area contributed by atoms with Gasteiger partial charge in [0, 0.05) is 23.5 Å². The van der Waals surface area contributed by atoms with E-state index in [4.69, 9.17) is 12.2 Å². The first-order valence-corrected chi connectivity index (χ1v) is 10.2. The van der Waals surface area contributed by atoms with Gasteiger partial charge in [-0.2, -0.15) is 0 Å². The maximum absolute atomic E-state index is 12.5. The number of nitrogens with one attached hydrogen (secondary N) is 1. The van der Waals surface area contributed by atoms with Gasteiger partial charge in [0.2, 0.25) is 5.91 Å². The number of carbonyl (C=O) groups is 2. The quantitative estimate of drug-likeness (QED) is 0.587. The van der Waals surface area contributed by atoms with Crippen molar-refractivity contribution in [1.82, 2.24) is 4.90 Å². The predicted molar refractivity (Wildman–Crippen MR) is 113 cm³/mol. The van der Waals surface area contributed by atoms with Gasteiger partial charge in [0.25, 0.3) is 5.91 Å². The molecule has 4 nitrogen and oxygen atoms in total. The number of nitrogens with zero attached hydrogens (tertiary/aromatic N) is 1. The second kappa shape index (κ2) is 8.16. The Labute approximate surface area is 166 Å². The molecule has 0 aliphatic carbocycles. The first-order chi connectivity index (χ1) is 12.4. The molecule has 1 N–H and O–H groups in total. The summed E-state index contributed by atoms with van der Waals surface area (Å²) in [5.74, 6) is -0.263. The van der Waals surface area contributed by atoms with Crippen LogP contribution in [0.3, 0.4) is 0 Å². The van der Waals surface area contributed by atoms with E-state index in [0.717, 1.165) is 21.7 Å². The minimum Gasteiger partial charge on any atom is -0.326 e. The summed E-state index contributed by atoms with van der Waals surface area (Å²) in [7, 11) is 0. The number of thiophene rings is 1. The normalized spacial score (nSPS) is 15.8. The standard InChI is InChI=1S/C19H18N2O2S3/c1-12-5-6-15(13(2)10-12)20-17(22)7-8-21-18(23)16(26-19(21)24)11-14-4-3-9-25-14/h3-6,9-11H,7-8H2,1-2H3,(H,20,22)/b16-11-. The smallest absolute Gasteiger partial charge is 0.266 e. The van der Waals surface area contributed by atoms with E-state index in [0.29, 0.717) is 9.23 Å². The third kappa shape index (κ3) is 4.41. The number of amides is 2. The first kappa shape index (κ1) is 18.8. The number of anilines is 1. The highest BCUT2D eigenvalue weighted by atomic mass is 32.2. The van der Waals surface area contributed by atoms with Crippen LogP contribution in [0.1, 0.15) is 22.4 Å². The van der Waals surface area contributed by atoms with Gasteiger partial charge >= 0.3 is 0 Å². The van der Waals surface area contributed by atoms with Gasteiger partial charge in [0.15, 0.2) is 0 Å². The fourth-order valence-electron chi connectivity index (χ4n) is 2.58. The molecule has 7 heteroatoms. The molecule has 0 radical (unpaired) electrons. The lowest BCUT2D eigenvalue weighted by Gasteiger charge is -2.14. The average molecular weight is 403 g/mol. The molecule has 0 bridgehead atoms. The van der Waals surface area contributed by atoms with Crippen molar-refractivity contribution in [3.05, 3.63) is 56.6 Å². The summed E-state index contributed by atoms with van der Waals surface area (Å²) >= 11 is 8.16. The predicted octanol–water partition coefficient (Wildman–Crippen LogP) is 4.59. The second-order valence-corrected chi connectivity index (χ2v) is 8.62. The molecule has 1 aliphatic rings. The molecule has 2 amide bonds. The Morgan fingerprint density at radius 3 is 2.81 bits per heavy atom. The van der Waals surface area contributed by atoms with Crippen molar-refractivity contribution in [2.75, 3.05) is 11.9 Å². The van der Waals surface area contributed by atoms with Crippen LogP contribution in [0.5, 0.6) is 0 Å². The molecule has 1 aliphatic heterocycles. The molecule has 0 saturated carbocycles. The van der Waals surface area contributed by atoms with Gasteiger partial charge in [-0.1, -0.05) is 47.7 Å². The molecule has 1 aromatic carbocycles. The number of thiocarbonyl (C=S) groups is 1. The van der Waals surface area contributed by atoms with Crippen LogP contribution < -0.4 is 5.32 Å². The van der Waals surface area contributed by atoms with E-state index in [1.807, 2.05) is 55.6 Å². The topological polar surface area (TPSA) is 49.4 Å². The number of rotatable bonds is 5. The van der Waals surface area contributed by atoms with Crippen molar-refractivity contribution in [1.29, 1.82) is 0 Å². The van der Waals surface area contributed by atoms with Gasteiger partial charge < -0.3 is 5.32 Å².